The monoisotopic (exact) mass is 402 g/mol. The minimum atomic E-state index is -0.106. The van der Waals surface area contributed by atoms with E-state index in [9.17, 15) is 0 Å². The van der Waals surface area contributed by atoms with Gasteiger partial charge in [0.15, 0.2) is 0 Å². The molecule has 0 radical (unpaired) electrons. The van der Waals surface area contributed by atoms with Crippen LogP contribution in [0, 0.1) is 0 Å². The van der Waals surface area contributed by atoms with Crippen LogP contribution >= 0.6 is 30.7 Å². The second kappa shape index (κ2) is 11.5. The zero-order valence-corrected chi connectivity index (χ0v) is 14.6. The van der Waals surface area contributed by atoms with Crippen LogP contribution in [-0.4, -0.2) is 44.0 Å². The number of hydrogen-bond donors (Lipinski definition) is 0. The molecule has 0 fully saturated rings. The Morgan fingerprint density at radius 1 is 1.06 bits per heavy atom. The van der Waals surface area contributed by atoms with Gasteiger partial charge in [0.1, 0.15) is 0 Å². The van der Waals surface area contributed by atoms with Gasteiger partial charge in [-0.15, -0.1) is 0 Å². The first-order valence-electron chi connectivity index (χ1n) is 5.40. The van der Waals surface area contributed by atoms with Gasteiger partial charge >= 0.3 is 35.0 Å². The molecule has 1 aromatic rings. The number of nitrogens with zero attached hydrogens (tertiary/aromatic N) is 2. The molecule has 0 saturated heterocycles. The van der Waals surface area contributed by atoms with Gasteiger partial charge < -0.3 is 9.80 Å². The molecular weight excluding hydrogens is 385 g/mol. The van der Waals surface area contributed by atoms with Crippen LogP contribution in [0.2, 0.25) is 5.02 Å². The summed E-state index contributed by atoms with van der Waals surface area (Å²) in [5.41, 5.74) is 1.19. The fraction of sp³-hybridized carbons (Fsp3) is 0.500. The van der Waals surface area contributed by atoms with Crippen molar-refractivity contribution in [1.29, 1.82) is 0 Å². The van der Waals surface area contributed by atoms with Gasteiger partial charge in [0.25, 0.3) is 0 Å². The third-order valence-corrected chi connectivity index (χ3v) is 2.70. The second-order valence-electron chi connectivity index (χ2n) is 4.18. The van der Waals surface area contributed by atoms with Crippen LogP contribution in [0.15, 0.2) is 24.3 Å². The maximum absolute atomic E-state index is 6.09. The van der Waals surface area contributed by atoms with Crippen LogP contribution in [0.25, 0.3) is 0 Å². The van der Waals surface area contributed by atoms with Crippen LogP contribution in [0.3, 0.4) is 0 Å². The summed E-state index contributed by atoms with van der Waals surface area (Å²) in [4.78, 5) is 4.46. The zero-order chi connectivity index (χ0) is 14.0. The van der Waals surface area contributed by atoms with Crippen molar-refractivity contribution in [1.82, 2.24) is 9.80 Å². The van der Waals surface area contributed by atoms with E-state index in [4.69, 9.17) is 30.7 Å². The van der Waals surface area contributed by atoms with Crippen molar-refractivity contribution in [2.45, 2.75) is 6.54 Å². The Bertz CT molecular complexity index is 324. The molecule has 108 valence electrons. The summed E-state index contributed by atoms with van der Waals surface area (Å²) < 4.78 is 0. The average molecular weight is 404 g/mol. The molecule has 0 saturated carbocycles. The van der Waals surface area contributed by atoms with E-state index in [-0.39, 0.29) is 15.9 Å². The fourth-order valence-electron chi connectivity index (χ4n) is 1.37. The third kappa shape index (κ3) is 9.58. The Morgan fingerprint density at radius 3 is 2.11 bits per heavy atom. The van der Waals surface area contributed by atoms with E-state index in [1.54, 1.807) is 0 Å². The molecule has 1 aromatic carbocycles. The average Bonchev–Trinajstić information content (AvgIpc) is 2.31. The van der Waals surface area contributed by atoms with Crippen molar-refractivity contribution >= 4 is 30.7 Å². The van der Waals surface area contributed by atoms with Crippen molar-refractivity contribution < 1.29 is 15.9 Å². The van der Waals surface area contributed by atoms with Gasteiger partial charge in [0.2, 0.25) is 0 Å². The fourth-order valence-corrected chi connectivity index (χ4v) is 1.56. The van der Waals surface area contributed by atoms with E-state index in [1.165, 1.54) is 5.56 Å². The van der Waals surface area contributed by atoms with Gasteiger partial charge in [-0.2, -0.15) is 0 Å². The molecule has 0 heterocycles. The quantitative estimate of drug-likeness (QED) is 0.691. The van der Waals surface area contributed by atoms with Gasteiger partial charge in [-0.1, -0.05) is 29.8 Å². The molecular formula is C12H19Cl3N2Pd. The Hall–Kier alpha value is 0.672. The van der Waals surface area contributed by atoms with E-state index < -0.39 is 0 Å². The van der Waals surface area contributed by atoms with Crippen LogP contribution < -0.4 is 0 Å². The zero-order valence-electron chi connectivity index (χ0n) is 10.8. The Balaban J connectivity index is 0.000000873. The van der Waals surface area contributed by atoms with Crippen molar-refractivity contribution in [2.24, 2.45) is 0 Å². The van der Waals surface area contributed by atoms with Crippen molar-refractivity contribution in [3.05, 3.63) is 34.9 Å². The molecule has 0 aliphatic rings. The van der Waals surface area contributed by atoms with E-state index in [1.807, 2.05) is 18.2 Å². The predicted molar refractivity (Wildman–Crippen MR) is 78.0 cm³/mol. The number of rotatable bonds is 5. The molecule has 0 aromatic heterocycles. The molecule has 0 amide bonds. The van der Waals surface area contributed by atoms with E-state index in [2.05, 4.69) is 37.0 Å². The number of halogens is 3. The summed E-state index contributed by atoms with van der Waals surface area (Å²) in [5.74, 6) is 0. The minimum absolute atomic E-state index is 0.106. The Kier molecular flexibility index (Phi) is 11.9. The summed E-state index contributed by atoms with van der Waals surface area (Å²) in [6, 6.07) is 8.01. The molecule has 0 spiro atoms. The standard InChI is InChI=1S/C12H19ClN2.2ClH.Pd/c1-14(2)8-9-15(3)10-11-6-4-5-7-12(11)13;;;/h4-7H,8-10H2,1-3H3;2*1H;/q;;;+2/p-2. The van der Waals surface area contributed by atoms with Crippen LogP contribution in [0.4, 0.5) is 0 Å². The first kappa shape index (κ1) is 18.7. The van der Waals surface area contributed by atoms with Gasteiger partial charge in [0.05, 0.1) is 0 Å². The number of likely N-dealkylation sites (N-methyl/N-ethyl adjacent to an activating group) is 2. The van der Waals surface area contributed by atoms with E-state index in [0.29, 0.717) is 0 Å². The molecule has 0 unspecified atom stereocenters. The maximum atomic E-state index is 6.09. The molecule has 0 aliphatic heterocycles. The molecule has 1 rings (SSSR count). The van der Waals surface area contributed by atoms with Gasteiger partial charge in [-0.25, -0.2) is 0 Å². The summed E-state index contributed by atoms with van der Waals surface area (Å²) >= 11 is 5.99. The topological polar surface area (TPSA) is 6.48 Å². The second-order valence-corrected chi connectivity index (χ2v) is 6.95. The van der Waals surface area contributed by atoms with Crippen LogP contribution in [0.5, 0.6) is 0 Å². The Labute approximate surface area is 131 Å². The molecule has 0 N–H and O–H groups in total. The molecule has 18 heavy (non-hydrogen) atoms. The van der Waals surface area contributed by atoms with Crippen molar-refractivity contribution in [2.75, 3.05) is 34.2 Å². The normalized spacial score (nSPS) is 10.7. The molecule has 0 aliphatic carbocycles. The SMILES string of the molecule is CN(C)CCN(C)Cc1ccccc1Cl.[Cl][Pd][Cl]. The summed E-state index contributed by atoms with van der Waals surface area (Å²) in [7, 11) is 15.9. The van der Waals surface area contributed by atoms with Gasteiger partial charge in [-0.05, 0) is 32.8 Å². The summed E-state index contributed by atoms with van der Waals surface area (Å²) in [5, 5.41) is 0.856. The summed E-state index contributed by atoms with van der Waals surface area (Å²) in [6.07, 6.45) is 0. The first-order valence-corrected chi connectivity index (χ1v) is 9.78. The van der Waals surface area contributed by atoms with Gasteiger partial charge in [-0.3, -0.25) is 0 Å². The Morgan fingerprint density at radius 2 is 1.61 bits per heavy atom. The molecule has 0 bridgehead atoms. The molecule has 2 nitrogen and oxygen atoms in total. The van der Waals surface area contributed by atoms with Crippen molar-refractivity contribution in [3.8, 4) is 0 Å². The van der Waals surface area contributed by atoms with Crippen LogP contribution in [0.1, 0.15) is 5.56 Å². The molecule has 0 atom stereocenters. The first-order chi connectivity index (χ1) is 8.51. The predicted octanol–water partition coefficient (Wildman–Crippen LogP) is 3.71. The summed E-state index contributed by atoms with van der Waals surface area (Å²) in [6.45, 7) is 3.03. The van der Waals surface area contributed by atoms with Crippen molar-refractivity contribution in [3.63, 3.8) is 0 Å². The third-order valence-electron chi connectivity index (χ3n) is 2.33. The van der Waals surface area contributed by atoms with E-state index >= 15 is 0 Å². The van der Waals surface area contributed by atoms with Crippen LogP contribution in [-0.2, 0) is 22.5 Å². The van der Waals surface area contributed by atoms with E-state index in [0.717, 1.165) is 24.7 Å². The van der Waals surface area contributed by atoms with Gasteiger partial charge in [0, 0.05) is 24.7 Å². The number of benzene rings is 1. The molecule has 6 heteroatoms. The number of hydrogen-bond acceptors (Lipinski definition) is 2.